The van der Waals surface area contributed by atoms with Gasteiger partial charge in [0.2, 0.25) is 10.0 Å². The van der Waals surface area contributed by atoms with E-state index in [1.165, 1.54) is 12.1 Å². The highest BCUT2D eigenvalue weighted by molar-refractivity contribution is 7.89. The summed E-state index contributed by atoms with van der Waals surface area (Å²) in [6.45, 7) is 1.77. The van der Waals surface area contributed by atoms with Gasteiger partial charge in [-0.1, -0.05) is 48.1 Å². The third kappa shape index (κ3) is 5.30. The number of hydrogen-bond donors (Lipinski definition) is 2. The van der Waals surface area contributed by atoms with Crippen molar-refractivity contribution in [3.05, 3.63) is 27.2 Å². The van der Waals surface area contributed by atoms with Gasteiger partial charge in [0.25, 0.3) is 0 Å². The number of carboxylic acids is 1. The molecule has 1 aromatic carbocycles. The molecule has 1 atom stereocenters. The molecule has 0 radical (unpaired) electrons. The van der Waals surface area contributed by atoms with Gasteiger partial charge in [-0.2, -0.15) is 0 Å². The number of rotatable bonds is 7. The molecule has 0 heterocycles. The Bertz CT molecular complexity index is 610. The molecule has 1 aromatic rings. The van der Waals surface area contributed by atoms with Crippen molar-refractivity contribution in [1.29, 1.82) is 0 Å². The van der Waals surface area contributed by atoms with Gasteiger partial charge >= 0.3 is 5.97 Å². The van der Waals surface area contributed by atoms with Crippen molar-refractivity contribution in [2.45, 2.75) is 24.7 Å². The quantitative estimate of drug-likeness (QED) is 0.766. The van der Waals surface area contributed by atoms with Crippen LogP contribution in [0.1, 0.15) is 19.8 Å². The van der Waals surface area contributed by atoms with Crippen molar-refractivity contribution < 1.29 is 18.3 Å². The normalized spacial score (nSPS) is 13.1. The summed E-state index contributed by atoms with van der Waals surface area (Å²) in [5.74, 6) is -1.30. The van der Waals surface area contributed by atoms with Crippen molar-refractivity contribution in [1.82, 2.24) is 4.72 Å². The fraction of sp³-hybridized carbons (Fsp3) is 0.417. The van der Waals surface area contributed by atoms with Crippen LogP contribution in [0.4, 0.5) is 0 Å². The van der Waals surface area contributed by atoms with E-state index in [0.29, 0.717) is 6.42 Å². The van der Waals surface area contributed by atoms with Gasteiger partial charge in [0.05, 0.1) is 10.0 Å². The molecule has 0 aromatic heterocycles. The lowest BCUT2D eigenvalue weighted by molar-refractivity contribution is -0.138. The van der Waals surface area contributed by atoms with Gasteiger partial charge in [0, 0.05) is 18.0 Å². The number of halogens is 3. The van der Waals surface area contributed by atoms with Crippen LogP contribution in [0.5, 0.6) is 0 Å². The summed E-state index contributed by atoms with van der Waals surface area (Å²) >= 11 is 17.5. The molecule has 0 saturated carbocycles. The zero-order chi connectivity index (χ0) is 16.2. The number of carbonyl (C=O) groups is 1. The minimum absolute atomic E-state index is 0.0135. The summed E-state index contributed by atoms with van der Waals surface area (Å²) in [6, 6.07) is 2.55. The van der Waals surface area contributed by atoms with E-state index < -0.39 is 16.0 Å². The van der Waals surface area contributed by atoms with Crippen molar-refractivity contribution in [2.75, 3.05) is 6.54 Å². The molecule has 5 nitrogen and oxygen atoms in total. The molecule has 0 bridgehead atoms. The minimum atomic E-state index is -3.94. The topological polar surface area (TPSA) is 83.5 Å². The van der Waals surface area contributed by atoms with Crippen LogP contribution < -0.4 is 4.72 Å². The molecular weight excluding hydrogens is 361 g/mol. The SMILES string of the molecule is CCC(CNS(=O)(=O)c1c(Cl)cc(Cl)cc1Cl)CC(=O)O. The van der Waals surface area contributed by atoms with E-state index in [0.717, 1.165) is 0 Å². The molecule has 0 aliphatic carbocycles. The van der Waals surface area contributed by atoms with Gasteiger partial charge in [-0.05, 0) is 18.1 Å². The van der Waals surface area contributed by atoms with Crippen molar-refractivity contribution in [2.24, 2.45) is 5.92 Å². The maximum Gasteiger partial charge on any atom is 0.303 e. The van der Waals surface area contributed by atoms with E-state index in [1.54, 1.807) is 6.92 Å². The molecule has 21 heavy (non-hydrogen) atoms. The maximum atomic E-state index is 12.2. The third-order valence-electron chi connectivity index (χ3n) is 2.83. The Balaban J connectivity index is 2.95. The van der Waals surface area contributed by atoms with Gasteiger partial charge in [0.15, 0.2) is 0 Å². The molecule has 1 unspecified atom stereocenters. The van der Waals surface area contributed by atoms with Crippen LogP contribution >= 0.6 is 34.8 Å². The number of sulfonamides is 1. The molecule has 0 amide bonds. The predicted molar refractivity (Wildman–Crippen MR) is 82.7 cm³/mol. The predicted octanol–water partition coefficient (Wildman–Crippen LogP) is 3.43. The molecule has 2 N–H and O–H groups in total. The first-order valence-corrected chi connectivity index (χ1v) is 8.65. The monoisotopic (exact) mass is 373 g/mol. The highest BCUT2D eigenvalue weighted by atomic mass is 35.5. The number of benzene rings is 1. The molecule has 0 spiro atoms. The minimum Gasteiger partial charge on any atom is -0.481 e. The fourth-order valence-electron chi connectivity index (χ4n) is 1.69. The Hall–Kier alpha value is -0.530. The molecule has 0 fully saturated rings. The third-order valence-corrected chi connectivity index (χ3v) is 5.40. The Morgan fingerprint density at radius 2 is 1.81 bits per heavy atom. The second-order valence-corrected chi connectivity index (χ2v) is 7.38. The van der Waals surface area contributed by atoms with Crippen LogP contribution in [-0.4, -0.2) is 26.0 Å². The highest BCUT2D eigenvalue weighted by Crippen LogP contribution is 2.32. The summed E-state index contributed by atoms with van der Waals surface area (Å²) in [4.78, 5) is 10.4. The molecule has 118 valence electrons. The van der Waals surface area contributed by atoms with Crippen LogP contribution in [0, 0.1) is 5.92 Å². The summed E-state index contributed by atoms with van der Waals surface area (Å²) < 4.78 is 26.8. The van der Waals surface area contributed by atoms with E-state index in [-0.39, 0.29) is 38.8 Å². The van der Waals surface area contributed by atoms with Gasteiger partial charge in [-0.25, -0.2) is 13.1 Å². The lowest BCUT2D eigenvalue weighted by Crippen LogP contribution is -2.30. The molecule has 9 heteroatoms. The Morgan fingerprint density at radius 1 is 1.29 bits per heavy atom. The standard InChI is InChI=1S/C12H14Cl3NO4S/c1-2-7(3-11(17)18)6-16-21(19,20)12-9(14)4-8(13)5-10(12)15/h4-5,7,16H,2-3,6H2,1H3,(H,17,18). The Labute approximate surface area is 138 Å². The summed E-state index contributed by atoms with van der Waals surface area (Å²) in [7, 11) is -3.94. The molecule has 1 rings (SSSR count). The number of carboxylic acid groups (broad SMARTS) is 1. The van der Waals surface area contributed by atoms with E-state index in [2.05, 4.69) is 4.72 Å². The lowest BCUT2D eigenvalue weighted by atomic mass is 10.0. The number of nitrogens with one attached hydrogen (secondary N) is 1. The number of aliphatic carboxylic acids is 1. The van der Waals surface area contributed by atoms with Crippen LogP contribution in [0.2, 0.25) is 15.1 Å². The molecule has 0 saturated heterocycles. The van der Waals surface area contributed by atoms with E-state index in [9.17, 15) is 13.2 Å². The van der Waals surface area contributed by atoms with Crippen LogP contribution in [-0.2, 0) is 14.8 Å². The van der Waals surface area contributed by atoms with Crippen LogP contribution in [0.15, 0.2) is 17.0 Å². The van der Waals surface area contributed by atoms with Crippen molar-refractivity contribution in [3.63, 3.8) is 0 Å². The molecular formula is C12H14Cl3NO4S. The second-order valence-electron chi connectivity index (χ2n) is 4.42. The van der Waals surface area contributed by atoms with Gasteiger partial charge in [-0.3, -0.25) is 4.79 Å². The second kappa shape index (κ2) is 7.65. The summed E-state index contributed by atoms with van der Waals surface area (Å²) in [5.41, 5.74) is 0. The molecule has 0 aliphatic heterocycles. The Kier molecular flexibility index (Phi) is 6.74. The van der Waals surface area contributed by atoms with Crippen molar-refractivity contribution >= 4 is 50.8 Å². The first-order chi connectivity index (χ1) is 9.67. The molecule has 0 aliphatic rings. The zero-order valence-electron chi connectivity index (χ0n) is 11.1. The highest BCUT2D eigenvalue weighted by Gasteiger charge is 2.23. The Morgan fingerprint density at radius 3 is 2.24 bits per heavy atom. The summed E-state index contributed by atoms with van der Waals surface area (Å²) in [6.07, 6.45) is 0.401. The first-order valence-electron chi connectivity index (χ1n) is 6.03. The smallest absolute Gasteiger partial charge is 0.303 e. The van der Waals surface area contributed by atoms with Gasteiger partial charge in [-0.15, -0.1) is 0 Å². The van der Waals surface area contributed by atoms with Crippen LogP contribution in [0.3, 0.4) is 0 Å². The summed E-state index contributed by atoms with van der Waals surface area (Å²) in [5, 5.41) is 8.79. The van der Waals surface area contributed by atoms with Crippen molar-refractivity contribution in [3.8, 4) is 0 Å². The largest absolute Gasteiger partial charge is 0.481 e. The maximum absolute atomic E-state index is 12.2. The average molecular weight is 375 g/mol. The first kappa shape index (κ1) is 18.5. The van der Waals surface area contributed by atoms with E-state index in [1.807, 2.05) is 0 Å². The lowest BCUT2D eigenvalue weighted by Gasteiger charge is -2.15. The van der Waals surface area contributed by atoms with Gasteiger partial charge in [0.1, 0.15) is 4.90 Å². The zero-order valence-corrected chi connectivity index (χ0v) is 14.2. The van der Waals surface area contributed by atoms with E-state index in [4.69, 9.17) is 39.9 Å². The average Bonchev–Trinajstić information content (AvgIpc) is 2.32. The van der Waals surface area contributed by atoms with Crippen LogP contribution in [0.25, 0.3) is 0 Å². The number of hydrogen-bond acceptors (Lipinski definition) is 3. The fourth-order valence-corrected chi connectivity index (χ4v) is 4.35. The van der Waals surface area contributed by atoms with E-state index >= 15 is 0 Å². The van der Waals surface area contributed by atoms with Gasteiger partial charge < -0.3 is 5.11 Å².